The first-order valence-corrected chi connectivity index (χ1v) is 9.55. The Bertz CT molecular complexity index is 1020. The fraction of sp³-hybridized carbons (Fsp3) is 0.190. The lowest BCUT2D eigenvalue weighted by Crippen LogP contribution is -2.20. The van der Waals surface area contributed by atoms with Gasteiger partial charge in [0.2, 0.25) is 0 Å². The van der Waals surface area contributed by atoms with E-state index >= 15 is 0 Å². The fourth-order valence-electron chi connectivity index (χ4n) is 2.50. The number of hydrogen-bond donors (Lipinski definition) is 0. The van der Waals surface area contributed by atoms with E-state index in [9.17, 15) is 14.0 Å². The van der Waals surface area contributed by atoms with Crippen LogP contribution in [0.4, 0.5) is 4.39 Å². The van der Waals surface area contributed by atoms with Gasteiger partial charge in [0.1, 0.15) is 5.82 Å². The van der Waals surface area contributed by atoms with Crippen LogP contribution in [0.5, 0.6) is 0 Å². The first-order chi connectivity index (χ1) is 13.5. The molecule has 0 unspecified atom stereocenters. The quantitative estimate of drug-likeness (QED) is 0.599. The van der Waals surface area contributed by atoms with Gasteiger partial charge in [0, 0.05) is 18.1 Å². The number of aromatic nitrogens is 1. The Balaban J connectivity index is 1.57. The Morgan fingerprint density at radius 3 is 2.46 bits per heavy atom. The lowest BCUT2D eigenvalue weighted by Gasteiger charge is -2.04. The van der Waals surface area contributed by atoms with Gasteiger partial charge in [-0.05, 0) is 30.2 Å². The van der Waals surface area contributed by atoms with Crippen molar-refractivity contribution in [1.82, 2.24) is 4.57 Å². The van der Waals surface area contributed by atoms with Crippen molar-refractivity contribution in [2.24, 2.45) is 4.99 Å². The van der Waals surface area contributed by atoms with Crippen LogP contribution in [-0.4, -0.2) is 23.1 Å². The Labute approximate surface area is 165 Å². The van der Waals surface area contributed by atoms with Gasteiger partial charge in [-0.3, -0.25) is 9.59 Å². The van der Waals surface area contributed by atoms with Crippen LogP contribution >= 0.6 is 11.3 Å². The highest BCUT2D eigenvalue weighted by Gasteiger charge is 2.09. The van der Waals surface area contributed by atoms with E-state index in [1.807, 2.05) is 47.3 Å². The molecule has 0 radical (unpaired) electrons. The zero-order valence-electron chi connectivity index (χ0n) is 15.3. The summed E-state index contributed by atoms with van der Waals surface area (Å²) in [6.45, 7) is 2.20. The number of amides is 1. The van der Waals surface area contributed by atoms with Crippen LogP contribution in [0.25, 0.3) is 0 Å². The minimum absolute atomic E-state index is 0.0278. The van der Waals surface area contributed by atoms with Crippen molar-refractivity contribution < 1.29 is 18.7 Å². The molecule has 2 aromatic carbocycles. The molecule has 144 valence electrons. The molecule has 3 rings (SSSR count). The standard InChI is InChI=1S/C21H19FN2O3S/c1-15-2-4-17(5-3-15)13-24-10-11-28-21(24)23-19(25)14-27-20(26)12-16-6-8-18(22)9-7-16/h2-11H,12-14H2,1H3. The van der Waals surface area contributed by atoms with Gasteiger partial charge in [0.15, 0.2) is 11.4 Å². The zero-order chi connectivity index (χ0) is 19.9. The summed E-state index contributed by atoms with van der Waals surface area (Å²) in [5.74, 6) is -1.47. The molecule has 0 N–H and O–H groups in total. The number of aryl methyl sites for hydroxylation is 1. The molecule has 3 aromatic rings. The Morgan fingerprint density at radius 1 is 1.07 bits per heavy atom. The summed E-state index contributed by atoms with van der Waals surface area (Å²) in [5, 5.41) is 1.85. The number of carbonyl (C=O) groups is 2. The van der Waals surface area contributed by atoms with Gasteiger partial charge in [-0.2, -0.15) is 4.99 Å². The summed E-state index contributed by atoms with van der Waals surface area (Å²) in [6, 6.07) is 13.7. The molecule has 0 saturated carbocycles. The van der Waals surface area contributed by atoms with Crippen molar-refractivity contribution in [3.63, 3.8) is 0 Å². The molecule has 0 atom stereocenters. The smallest absolute Gasteiger partial charge is 0.310 e. The molecule has 0 fully saturated rings. The number of nitrogens with zero attached hydrogens (tertiary/aromatic N) is 2. The minimum Gasteiger partial charge on any atom is -0.455 e. The summed E-state index contributed by atoms with van der Waals surface area (Å²) in [5.41, 5.74) is 2.90. The predicted octanol–water partition coefficient (Wildman–Crippen LogP) is 3.26. The van der Waals surface area contributed by atoms with Gasteiger partial charge in [0.25, 0.3) is 5.91 Å². The van der Waals surface area contributed by atoms with E-state index < -0.39 is 18.5 Å². The SMILES string of the molecule is Cc1ccc(Cn2ccsc2=NC(=O)COC(=O)Cc2ccc(F)cc2)cc1. The average molecular weight is 398 g/mol. The molecular weight excluding hydrogens is 379 g/mol. The first kappa shape index (κ1) is 19.7. The van der Waals surface area contributed by atoms with E-state index in [0.29, 0.717) is 16.9 Å². The van der Waals surface area contributed by atoms with E-state index in [2.05, 4.69) is 4.99 Å². The monoisotopic (exact) mass is 398 g/mol. The van der Waals surface area contributed by atoms with Gasteiger partial charge < -0.3 is 9.30 Å². The number of hydrogen-bond acceptors (Lipinski definition) is 4. The molecule has 0 saturated heterocycles. The summed E-state index contributed by atoms with van der Waals surface area (Å²) in [4.78, 5) is 28.5. The summed E-state index contributed by atoms with van der Waals surface area (Å²) < 4.78 is 19.7. The average Bonchev–Trinajstić information content (AvgIpc) is 3.10. The third kappa shape index (κ3) is 5.72. The number of carbonyl (C=O) groups excluding carboxylic acids is 2. The van der Waals surface area contributed by atoms with E-state index in [-0.39, 0.29) is 12.2 Å². The highest BCUT2D eigenvalue weighted by atomic mass is 32.1. The largest absolute Gasteiger partial charge is 0.455 e. The number of thiazole rings is 1. The van der Waals surface area contributed by atoms with Gasteiger partial charge in [-0.25, -0.2) is 4.39 Å². The van der Waals surface area contributed by atoms with Crippen molar-refractivity contribution in [2.45, 2.75) is 19.9 Å². The molecule has 1 amide bonds. The Morgan fingerprint density at radius 2 is 1.75 bits per heavy atom. The molecule has 5 nitrogen and oxygen atoms in total. The van der Waals surface area contributed by atoms with Crippen molar-refractivity contribution >= 4 is 23.2 Å². The molecule has 0 aliphatic carbocycles. The highest BCUT2D eigenvalue weighted by Crippen LogP contribution is 2.06. The van der Waals surface area contributed by atoms with Crippen LogP contribution in [-0.2, 0) is 27.3 Å². The van der Waals surface area contributed by atoms with E-state index in [1.165, 1.54) is 41.2 Å². The van der Waals surface area contributed by atoms with Crippen LogP contribution in [0, 0.1) is 12.7 Å². The zero-order valence-corrected chi connectivity index (χ0v) is 16.1. The summed E-state index contributed by atoms with van der Waals surface area (Å²) in [6.07, 6.45) is 1.83. The molecule has 28 heavy (non-hydrogen) atoms. The van der Waals surface area contributed by atoms with Gasteiger partial charge in [-0.1, -0.05) is 42.0 Å². The highest BCUT2D eigenvalue weighted by molar-refractivity contribution is 7.07. The maximum Gasteiger partial charge on any atom is 0.310 e. The second kappa shape index (κ2) is 9.23. The predicted molar refractivity (Wildman–Crippen MR) is 104 cm³/mol. The number of esters is 1. The van der Waals surface area contributed by atoms with Crippen LogP contribution in [0.1, 0.15) is 16.7 Å². The number of benzene rings is 2. The second-order valence-electron chi connectivity index (χ2n) is 6.27. The van der Waals surface area contributed by atoms with E-state index in [1.54, 1.807) is 0 Å². The third-order valence-corrected chi connectivity index (χ3v) is 4.77. The molecule has 7 heteroatoms. The molecule has 0 bridgehead atoms. The molecular formula is C21H19FN2O3S. The van der Waals surface area contributed by atoms with E-state index in [4.69, 9.17) is 4.74 Å². The lowest BCUT2D eigenvalue weighted by molar-refractivity contribution is -0.147. The maximum absolute atomic E-state index is 12.9. The van der Waals surface area contributed by atoms with Crippen LogP contribution in [0.15, 0.2) is 65.1 Å². The second-order valence-corrected chi connectivity index (χ2v) is 7.14. The normalized spacial score (nSPS) is 11.4. The van der Waals surface area contributed by atoms with E-state index in [0.717, 1.165) is 5.56 Å². The Hall–Kier alpha value is -3.06. The van der Waals surface area contributed by atoms with Crippen LogP contribution in [0.3, 0.4) is 0 Å². The van der Waals surface area contributed by atoms with Crippen LogP contribution < -0.4 is 4.80 Å². The van der Waals surface area contributed by atoms with Gasteiger partial charge in [0.05, 0.1) is 6.42 Å². The number of ether oxygens (including phenoxy) is 1. The maximum atomic E-state index is 12.9. The van der Waals surface area contributed by atoms with Crippen molar-refractivity contribution in [2.75, 3.05) is 6.61 Å². The fourth-order valence-corrected chi connectivity index (χ4v) is 3.24. The molecule has 0 aliphatic rings. The number of rotatable bonds is 6. The molecule has 1 heterocycles. The summed E-state index contributed by atoms with van der Waals surface area (Å²) in [7, 11) is 0. The Kier molecular flexibility index (Phi) is 6.49. The van der Waals surface area contributed by atoms with Gasteiger partial charge in [-0.15, -0.1) is 11.3 Å². The summed E-state index contributed by atoms with van der Waals surface area (Å²) >= 11 is 1.34. The van der Waals surface area contributed by atoms with Gasteiger partial charge >= 0.3 is 5.97 Å². The van der Waals surface area contributed by atoms with Crippen molar-refractivity contribution in [3.8, 4) is 0 Å². The topological polar surface area (TPSA) is 60.7 Å². The number of halogens is 1. The molecule has 0 aliphatic heterocycles. The van der Waals surface area contributed by atoms with Crippen LogP contribution in [0.2, 0.25) is 0 Å². The lowest BCUT2D eigenvalue weighted by atomic mass is 10.1. The van der Waals surface area contributed by atoms with Crippen molar-refractivity contribution in [3.05, 3.63) is 87.4 Å². The minimum atomic E-state index is -0.561. The molecule has 1 aromatic heterocycles. The van der Waals surface area contributed by atoms with Crippen molar-refractivity contribution in [1.29, 1.82) is 0 Å². The third-order valence-electron chi connectivity index (χ3n) is 3.97. The first-order valence-electron chi connectivity index (χ1n) is 8.67. The molecule has 0 spiro atoms.